The first-order chi connectivity index (χ1) is 15.6. The van der Waals surface area contributed by atoms with E-state index in [4.69, 9.17) is 4.74 Å². The fraction of sp³-hybridized carbons (Fsp3) is 0.292. The summed E-state index contributed by atoms with van der Waals surface area (Å²) in [5, 5.41) is 5.67. The molecule has 4 rings (SSSR count). The second-order valence-electron chi connectivity index (χ2n) is 8.27. The van der Waals surface area contributed by atoms with Gasteiger partial charge in [-0.3, -0.25) is 4.68 Å². The molecule has 4 aromatic rings. The van der Waals surface area contributed by atoms with Crippen molar-refractivity contribution in [2.75, 3.05) is 6.61 Å². The summed E-state index contributed by atoms with van der Waals surface area (Å²) >= 11 is 3.57. The van der Waals surface area contributed by atoms with Gasteiger partial charge in [-0.15, -0.1) is 6.58 Å². The zero-order chi connectivity index (χ0) is 22.5. The lowest BCUT2D eigenvalue weighted by Gasteiger charge is -2.16. The van der Waals surface area contributed by atoms with E-state index in [0.717, 1.165) is 39.8 Å². The molecule has 0 aliphatic heterocycles. The van der Waals surface area contributed by atoms with Crippen molar-refractivity contribution in [3.05, 3.63) is 77.9 Å². The highest BCUT2D eigenvalue weighted by atomic mass is 79.9. The van der Waals surface area contributed by atoms with E-state index in [0.29, 0.717) is 6.73 Å². The van der Waals surface area contributed by atoms with Crippen molar-refractivity contribution >= 4 is 35.8 Å². The SMILES string of the molecule is C=CCC(c1cccc(Br)c1)n1cc(-c2ncnc3c2ccn3COCC[SiH](C)C)cn1. The Kier molecular flexibility index (Phi) is 7.34. The van der Waals surface area contributed by atoms with Gasteiger partial charge in [-0.2, -0.15) is 5.10 Å². The normalized spacial score (nSPS) is 12.5. The van der Waals surface area contributed by atoms with Crippen LogP contribution in [0.1, 0.15) is 18.0 Å². The average molecular weight is 511 g/mol. The summed E-state index contributed by atoms with van der Waals surface area (Å²) in [6.45, 7) is 9.92. The number of nitrogens with zero attached hydrogens (tertiary/aromatic N) is 5. The molecule has 0 aliphatic carbocycles. The van der Waals surface area contributed by atoms with Crippen LogP contribution in [-0.2, 0) is 11.5 Å². The Labute approximate surface area is 198 Å². The van der Waals surface area contributed by atoms with E-state index in [1.54, 1.807) is 6.33 Å². The third-order valence-corrected chi connectivity index (χ3v) is 7.33. The topological polar surface area (TPSA) is 57.8 Å². The molecule has 0 N–H and O–H groups in total. The monoisotopic (exact) mass is 509 g/mol. The molecule has 32 heavy (non-hydrogen) atoms. The maximum absolute atomic E-state index is 5.87. The molecule has 3 heterocycles. The second-order valence-corrected chi connectivity index (χ2v) is 12.5. The fourth-order valence-corrected chi connectivity index (χ4v) is 4.77. The maximum Gasteiger partial charge on any atom is 0.145 e. The van der Waals surface area contributed by atoms with Crippen molar-refractivity contribution in [2.24, 2.45) is 0 Å². The van der Waals surface area contributed by atoms with Gasteiger partial charge in [0.2, 0.25) is 0 Å². The largest absolute Gasteiger partial charge is 0.361 e. The van der Waals surface area contributed by atoms with Gasteiger partial charge in [-0.05, 0) is 36.2 Å². The van der Waals surface area contributed by atoms with Gasteiger partial charge in [0.15, 0.2) is 0 Å². The van der Waals surface area contributed by atoms with Crippen molar-refractivity contribution in [1.29, 1.82) is 0 Å². The quantitative estimate of drug-likeness (QED) is 0.156. The summed E-state index contributed by atoms with van der Waals surface area (Å²) < 4.78 is 10.9. The summed E-state index contributed by atoms with van der Waals surface area (Å²) in [5.41, 5.74) is 3.89. The lowest BCUT2D eigenvalue weighted by molar-refractivity contribution is 0.0902. The molecule has 0 fully saturated rings. The van der Waals surface area contributed by atoms with E-state index < -0.39 is 8.80 Å². The molecule has 1 unspecified atom stereocenters. The molecule has 0 saturated carbocycles. The van der Waals surface area contributed by atoms with Gasteiger partial charge >= 0.3 is 0 Å². The minimum atomic E-state index is -0.595. The van der Waals surface area contributed by atoms with E-state index in [1.165, 1.54) is 11.6 Å². The van der Waals surface area contributed by atoms with Crippen LogP contribution in [0, 0.1) is 0 Å². The lowest BCUT2D eigenvalue weighted by atomic mass is 10.0. The number of rotatable bonds is 10. The van der Waals surface area contributed by atoms with Gasteiger partial charge < -0.3 is 9.30 Å². The zero-order valence-electron chi connectivity index (χ0n) is 18.5. The number of aromatic nitrogens is 5. The molecule has 3 aromatic heterocycles. The number of ether oxygens (including phenoxy) is 1. The van der Waals surface area contributed by atoms with Crippen molar-refractivity contribution < 1.29 is 4.74 Å². The summed E-state index contributed by atoms with van der Waals surface area (Å²) in [6.07, 6.45) is 10.3. The molecular formula is C24H28BrN5OSi. The highest BCUT2D eigenvalue weighted by molar-refractivity contribution is 9.10. The summed E-state index contributed by atoms with van der Waals surface area (Å²) in [4.78, 5) is 9.08. The summed E-state index contributed by atoms with van der Waals surface area (Å²) in [7, 11) is -0.595. The van der Waals surface area contributed by atoms with Crippen LogP contribution < -0.4 is 0 Å². The summed E-state index contributed by atoms with van der Waals surface area (Å²) in [6, 6.07) is 11.6. The Morgan fingerprint density at radius 2 is 2.12 bits per heavy atom. The minimum absolute atomic E-state index is 0.0681. The Morgan fingerprint density at radius 1 is 1.25 bits per heavy atom. The third kappa shape index (κ3) is 5.08. The molecule has 0 amide bonds. The number of benzene rings is 1. The van der Waals surface area contributed by atoms with E-state index in [1.807, 2.05) is 39.9 Å². The third-order valence-electron chi connectivity index (χ3n) is 5.44. The maximum atomic E-state index is 5.87. The van der Waals surface area contributed by atoms with Crippen LogP contribution in [-0.4, -0.2) is 39.7 Å². The van der Waals surface area contributed by atoms with Crippen molar-refractivity contribution in [2.45, 2.75) is 38.3 Å². The van der Waals surface area contributed by atoms with Gasteiger partial charge in [-0.1, -0.05) is 47.2 Å². The number of hydrogen-bond acceptors (Lipinski definition) is 4. The first kappa shape index (κ1) is 22.6. The van der Waals surface area contributed by atoms with Gasteiger partial charge in [0.25, 0.3) is 0 Å². The number of halogens is 1. The Balaban J connectivity index is 1.60. The molecular weight excluding hydrogens is 482 g/mol. The van der Waals surface area contributed by atoms with Crippen LogP contribution in [0.4, 0.5) is 0 Å². The van der Waals surface area contributed by atoms with Crippen LogP contribution in [0.3, 0.4) is 0 Å². The van der Waals surface area contributed by atoms with E-state index >= 15 is 0 Å². The van der Waals surface area contributed by atoms with Crippen LogP contribution in [0.25, 0.3) is 22.3 Å². The highest BCUT2D eigenvalue weighted by Crippen LogP contribution is 2.29. The number of hydrogen-bond donors (Lipinski definition) is 0. The summed E-state index contributed by atoms with van der Waals surface area (Å²) in [5.74, 6) is 0. The first-order valence-electron chi connectivity index (χ1n) is 10.8. The highest BCUT2D eigenvalue weighted by Gasteiger charge is 2.17. The molecule has 1 atom stereocenters. The second kappa shape index (κ2) is 10.4. The molecule has 8 heteroatoms. The van der Waals surface area contributed by atoms with Crippen LogP contribution in [0.2, 0.25) is 19.1 Å². The van der Waals surface area contributed by atoms with E-state index in [9.17, 15) is 0 Å². The molecule has 0 spiro atoms. The van der Waals surface area contributed by atoms with Crippen LogP contribution in [0.5, 0.6) is 0 Å². The standard InChI is InChI=1S/C24H28BrN5OSi/c1-4-6-22(18-7-5-8-20(25)13-18)30-15-19(14-28-30)23-21-9-10-29(24(21)27-16-26-23)17-31-11-12-32(2)3/h4-5,7-10,13-16,22,32H,1,6,11-12,17H2,2-3H3. The Bertz CT molecular complexity index is 1200. The van der Waals surface area contributed by atoms with Crippen molar-refractivity contribution in [3.63, 3.8) is 0 Å². The molecule has 6 nitrogen and oxygen atoms in total. The van der Waals surface area contributed by atoms with Crippen LogP contribution in [0.15, 0.2) is 72.4 Å². The van der Waals surface area contributed by atoms with E-state index in [-0.39, 0.29) is 6.04 Å². The zero-order valence-corrected chi connectivity index (χ0v) is 21.2. The van der Waals surface area contributed by atoms with Gasteiger partial charge in [-0.25, -0.2) is 9.97 Å². The van der Waals surface area contributed by atoms with Gasteiger partial charge in [0.05, 0.1) is 17.9 Å². The van der Waals surface area contributed by atoms with Crippen LogP contribution >= 0.6 is 15.9 Å². The van der Waals surface area contributed by atoms with Crippen molar-refractivity contribution in [3.8, 4) is 11.3 Å². The average Bonchev–Trinajstić information content (AvgIpc) is 3.42. The van der Waals surface area contributed by atoms with Gasteiger partial charge in [0, 0.05) is 43.2 Å². The molecule has 0 bridgehead atoms. The Hall–Kier alpha value is -2.55. The van der Waals surface area contributed by atoms with E-state index in [2.05, 4.69) is 75.1 Å². The van der Waals surface area contributed by atoms with Crippen molar-refractivity contribution in [1.82, 2.24) is 24.3 Å². The number of fused-ring (bicyclic) bond motifs is 1. The predicted octanol–water partition coefficient (Wildman–Crippen LogP) is 5.68. The lowest BCUT2D eigenvalue weighted by Crippen LogP contribution is -2.10. The smallest absolute Gasteiger partial charge is 0.145 e. The van der Waals surface area contributed by atoms with Gasteiger partial charge in [0.1, 0.15) is 18.7 Å². The fourth-order valence-electron chi connectivity index (χ4n) is 3.72. The molecule has 1 aromatic carbocycles. The Morgan fingerprint density at radius 3 is 2.91 bits per heavy atom. The predicted molar refractivity (Wildman–Crippen MR) is 135 cm³/mol. The number of allylic oxidation sites excluding steroid dienone is 1. The minimum Gasteiger partial charge on any atom is -0.361 e. The molecule has 0 saturated heterocycles. The molecule has 166 valence electrons. The first-order valence-corrected chi connectivity index (χ1v) is 14.8. The molecule has 0 radical (unpaired) electrons. The molecule has 0 aliphatic rings.